The molecule has 0 radical (unpaired) electrons. The molecule has 0 spiro atoms. The maximum Gasteiger partial charge on any atom is 0.156 e. The van der Waals surface area contributed by atoms with Crippen molar-refractivity contribution in [1.29, 1.82) is 0 Å². The minimum absolute atomic E-state index is 0.0626. The number of hydrogen-bond acceptors (Lipinski definition) is 1. The van der Waals surface area contributed by atoms with Crippen LogP contribution in [0.2, 0.25) is 0 Å². The predicted octanol–water partition coefficient (Wildman–Crippen LogP) is 2.41. The second-order valence-electron chi connectivity index (χ2n) is 2.25. The normalized spacial score (nSPS) is 25.5. The van der Waals surface area contributed by atoms with Crippen LogP contribution in [0.15, 0.2) is 24.1 Å². The van der Waals surface area contributed by atoms with E-state index in [1.807, 2.05) is 0 Å². The highest BCUT2D eigenvalue weighted by Gasteiger charge is 2.25. The van der Waals surface area contributed by atoms with Crippen LogP contribution in [-0.4, -0.2) is 12.7 Å². The van der Waals surface area contributed by atoms with Crippen molar-refractivity contribution in [2.75, 3.05) is 6.61 Å². The fraction of sp³-hybridized carbons (Fsp3) is 0.429. The van der Waals surface area contributed by atoms with Crippen LogP contribution in [0.3, 0.4) is 0 Å². The third-order valence-electron chi connectivity index (χ3n) is 1.38. The zero-order chi connectivity index (χ0) is 8.27. The summed E-state index contributed by atoms with van der Waals surface area (Å²) in [4.78, 5) is 0. The van der Waals surface area contributed by atoms with Crippen LogP contribution >= 0.6 is 0 Å². The van der Waals surface area contributed by atoms with Crippen LogP contribution in [-0.2, 0) is 4.74 Å². The zero-order valence-electron chi connectivity index (χ0n) is 5.69. The fourth-order valence-electron chi connectivity index (χ4n) is 0.695. The molecule has 0 aliphatic carbocycles. The van der Waals surface area contributed by atoms with Crippen LogP contribution < -0.4 is 0 Å². The number of hydrogen-bond donors (Lipinski definition) is 0. The van der Waals surface area contributed by atoms with E-state index in [0.29, 0.717) is 6.61 Å². The summed E-state index contributed by atoms with van der Waals surface area (Å²) < 4.78 is 40.3. The summed E-state index contributed by atoms with van der Waals surface area (Å²) in [6, 6.07) is 0. The number of ether oxygens (including phenoxy) is 1. The summed E-state index contributed by atoms with van der Waals surface area (Å²) in [7, 11) is 0. The van der Waals surface area contributed by atoms with E-state index in [1.165, 1.54) is 0 Å². The van der Waals surface area contributed by atoms with Crippen molar-refractivity contribution in [3.63, 3.8) is 0 Å². The van der Waals surface area contributed by atoms with Crippen molar-refractivity contribution in [2.24, 2.45) is 0 Å². The third kappa shape index (κ3) is 2.38. The fourth-order valence-corrected chi connectivity index (χ4v) is 0.695. The number of epoxide rings is 1. The molecule has 0 amide bonds. The average molecular weight is 164 g/mol. The van der Waals surface area contributed by atoms with Gasteiger partial charge in [0.1, 0.15) is 6.33 Å². The van der Waals surface area contributed by atoms with Crippen molar-refractivity contribution in [3.05, 3.63) is 24.1 Å². The summed E-state index contributed by atoms with van der Waals surface area (Å²) in [5, 5.41) is 0. The summed E-state index contributed by atoms with van der Waals surface area (Å²) in [6.07, 6.45) is -0.230. The first-order chi connectivity index (χ1) is 5.27. The molecule has 11 heavy (non-hydrogen) atoms. The summed E-state index contributed by atoms with van der Waals surface area (Å²) >= 11 is 0. The molecule has 1 unspecified atom stereocenters. The monoisotopic (exact) mass is 164 g/mol. The Morgan fingerprint density at radius 1 is 1.45 bits per heavy atom. The van der Waals surface area contributed by atoms with E-state index >= 15 is 0 Å². The Balaban J connectivity index is 2.48. The Hall–Kier alpha value is -0.770. The van der Waals surface area contributed by atoms with Crippen LogP contribution in [0, 0.1) is 0 Å². The Labute approximate surface area is 62.2 Å². The largest absolute Gasteiger partial charge is 0.373 e. The first-order valence-electron chi connectivity index (χ1n) is 3.15. The molecule has 0 saturated carbocycles. The van der Waals surface area contributed by atoms with Crippen molar-refractivity contribution in [2.45, 2.75) is 12.5 Å². The third-order valence-corrected chi connectivity index (χ3v) is 1.38. The van der Waals surface area contributed by atoms with E-state index in [0.717, 1.165) is 0 Å². The molecule has 0 aromatic rings. The summed E-state index contributed by atoms with van der Waals surface area (Å²) in [6.45, 7) is 0.497. The van der Waals surface area contributed by atoms with Gasteiger partial charge in [-0.3, -0.25) is 0 Å². The summed E-state index contributed by atoms with van der Waals surface area (Å²) in [5.41, 5.74) is -0.282. The van der Waals surface area contributed by atoms with Crippen LogP contribution in [0.25, 0.3) is 0 Å². The van der Waals surface area contributed by atoms with Gasteiger partial charge in [-0.25, -0.2) is 13.2 Å². The standard InChI is InChI=1S/C7H7F3O/c8-2-5(7(10)3-9)1-6-4-11-6/h2-3,6H,1,4H2. The lowest BCUT2D eigenvalue weighted by Gasteiger charge is -1.96. The molecule has 4 heteroatoms. The number of rotatable bonds is 3. The summed E-state index contributed by atoms with van der Waals surface area (Å²) in [5.74, 6) is -1.16. The van der Waals surface area contributed by atoms with Gasteiger partial charge in [0.25, 0.3) is 0 Å². The van der Waals surface area contributed by atoms with Crippen molar-refractivity contribution < 1.29 is 17.9 Å². The molecule has 62 valence electrons. The van der Waals surface area contributed by atoms with Crippen LogP contribution in [0.5, 0.6) is 0 Å². The molecule has 1 aliphatic rings. The topological polar surface area (TPSA) is 12.5 Å². The highest BCUT2D eigenvalue weighted by molar-refractivity contribution is 5.23. The van der Waals surface area contributed by atoms with E-state index in [-0.39, 0.29) is 30.8 Å². The molecule has 1 saturated heterocycles. The lowest BCUT2D eigenvalue weighted by Crippen LogP contribution is -1.90. The van der Waals surface area contributed by atoms with Crippen LogP contribution in [0.4, 0.5) is 13.2 Å². The molecule has 1 nitrogen and oxygen atoms in total. The van der Waals surface area contributed by atoms with Gasteiger partial charge in [0.15, 0.2) is 5.83 Å². The molecule has 1 aliphatic heterocycles. The Kier molecular flexibility index (Phi) is 2.70. The zero-order valence-corrected chi connectivity index (χ0v) is 5.69. The maximum absolute atomic E-state index is 12.3. The molecule has 0 bridgehead atoms. The predicted molar refractivity (Wildman–Crippen MR) is 33.8 cm³/mol. The number of halogens is 3. The Bertz CT molecular complexity index is 194. The first-order valence-corrected chi connectivity index (χ1v) is 3.15. The molecular formula is C7H7F3O. The van der Waals surface area contributed by atoms with Crippen molar-refractivity contribution in [3.8, 4) is 0 Å². The maximum atomic E-state index is 12.3. The molecule has 1 rings (SSSR count). The molecule has 0 aromatic heterocycles. The lowest BCUT2D eigenvalue weighted by molar-refractivity contribution is 0.403. The lowest BCUT2D eigenvalue weighted by atomic mass is 10.1. The SMILES string of the molecule is FC=C(F)C(=CF)CC1CO1. The van der Waals surface area contributed by atoms with E-state index in [1.54, 1.807) is 0 Å². The van der Waals surface area contributed by atoms with E-state index in [9.17, 15) is 13.2 Å². The number of allylic oxidation sites excluding steroid dienone is 1. The van der Waals surface area contributed by atoms with E-state index < -0.39 is 5.83 Å². The quantitative estimate of drug-likeness (QED) is 0.461. The van der Waals surface area contributed by atoms with Gasteiger partial charge < -0.3 is 4.74 Å². The average Bonchev–Trinajstić information content (AvgIpc) is 2.82. The Morgan fingerprint density at radius 3 is 2.45 bits per heavy atom. The van der Waals surface area contributed by atoms with E-state index in [2.05, 4.69) is 0 Å². The second kappa shape index (κ2) is 3.57. The second-order valence-corrected chi connectivity index (χ2v) is 2.25. The minimum atomic E-state index is -1.16. The molecule has 0 N–H and O–H groups in total. The van der Waals surface area contributed by atoms with Gasteiger partial charge >= 0.3 is 0 Å². The van der Waals surface area contributed by atoms with Gasteiger partial charge in [0, 0.05) is 12.0 Å². The smallest absolute Gasteiger partial charge is 0.156 e. The minimum Gasteiger partial charge on any atom is -0.373 e. The van der Waals surface area contributed by atoms with Gasteiger partial charge in [0.2, 0.25) is 0 Å². The highest BCUT2D eigenvalue weighted by atomic mass is 19.2. The molecule has 1 atom stereocenters. The molecule has 0 aromatic carbocycles. The highest BCUT2D eigenvalue weighted by Crippen LogP contribution is 2.24. The van der Waals surface area contributed by atoms with Crippen molar-refractivity contribution in [1.82, 2.24) is 0 Å². The van der Waals surface area contributed by atoms with Gasteiger partial charge in [0.05, 0.1) is 19.0 Å². The Morgan fingerprint density at radius 2 is 2.09 bits per heavy atom. The van der Waals surface area contributed by atoms with Gasteiger partial charge in [-0.1, -0.05) is 0 Å². The first kappa shape index (κ1) is 8.33. The van der Waals surface area contributed by atoms with Gasteiger partial charge in [-0.05, 0) is 0 Å². The van der Waals surface area contributed by atoms with Gasteiger partial charge in [-0.2, -0.15) is 0 Å². The molecule has 1 fully saturated rings. The molecule has 1 heterocycles. The van der Waals surface area contributed by atoms with Crippen molar-refractivity contribution >= 4 is 0 Å². The van der Waals surface area contributed by atoms with E-state index in [4.69, 9.17) is 4.74 Å². The van der Waals surface area contributed by atoms with Crippen LogP contribution in [0.1, 0.15) is 6.42 Å². The molecular weight excluding hydrogens is 157 g/mol. The van der Waals surface area contributed by atoms with Gasteiger partial charge in [-0.15, -0.1) is 0 Å².